The van der Waals surface area contributed by atoms with Crippen LogP contribution >= 0.6 is 11.8 Å². The van der Waals surface area contributed by atoms with E-state index in [1.807, 2.05) is 44.4 Å². The van der Waals surface area contributed by atoms with E-state index in [-0.39, 0.29) is 22.3 Å². The van der Waals surface area contributed by atoms with E-state index in [9.17, 15) is 23.3 Å². The van der Waals surface area contributed by atoms with Crippen molar-refractivity contribution >= 4 is 39.2 Å². The first-order chi connectivity index (χ1) is 21.8. The molecule has 2 aliphatic heterocycles. The van der Waals surface area contributed by atoms with Gasteiger partial charge in [0.2, 0.25) is 0 Å². The van der Waals surface area contributed by atoms with E-state index in [1.165, 1.54) is 17.0 Å². The standard InChI is InChI=1S/C33H50N6O5S2/c1-33(2)17-22-37(23-18-33)27-15-20-38(21-16-27)32(40)35-46(43,44)29-13-14-30(31(24-29)39(41)42)34-26(10-8-9-19-36(3)4)25-45-28-11-6-5-7-12-28/h5-7,11-14,24,26-27,34H,8-10,15-23,25H2,1-4H3,(H,35,40)/t26-/m1/s1. The highest BCUT2D eigenvalue weighted by molar-refractivity contribution is 7.99. The van der Waals surface area contributed by atoms with Crippen LogP contribution in [0.15, 0.2) is 58.3 Å². The average Bonchev–Trinajstić information content (AvgIpc) is 3.02. The van der Waals surface area contributed by atoms with Crippen LogP contribution in [0.5, 0.6) is 0 Å². The smallest absolute Gasteiger partial charge is 0.331 e. The molecule has 0 bridgehead atoms. The number of sulfonamides is 1. The van der Waals surface area contributed by atoms with Gasteiger partial charge in [0.25, 0.3) is 15.7 Å². The largest absolute Gasteiger partial charge is 0.376 e. The molecule has 0 radical (unpaired) electrons. The third-order valence-electron chi connectivity index (χ3n) is 9.08. The number of nitrogens with zero attached hydrogens (tertiary/aromatic N) is 4. The minimum absolute atomic E-state index is 0.0763. The van der Waals surface area contributed by atoms with Crippen molar-refractivity contribution in [3.05, 3.63) is 58.6 Å². The van der Waals surface area contributed by atoms with E-state index in [0.717, 1.165) is 75.5 Å². The van der Waals surface area contributed by atoms with Gasteiger partial charge >= 0.3 is 6.03 Å². The molecule has 2 N–H and O–H groups in total. The summed E-state index contributed by atoms with van der Waals surface area (Å²) in [5.74, 6) is 0.686. The quantitative estimate of drug-likeness (QED) is 0.109. The Hall–Kier alpha value is -2.87. The van der Waals surface area contributed by atoms with Gasteiger partial charge in [-0.1, -0.05) is 38.5 Å². The van der Waals surface area contributed by atoms with Crippen LogP contribution in [-0.2, 0) is 10.0 Å². The second kappa shape index (κ2) is 16.3. The minimum Gasteiger partial charge on any atom is -0.376 e. The summed E-state index contributed by atoms with van der Waals surface area (Å²) in [4.78, 5) is 31.5. The zero-order valence-electron chi connectivity index (χ0n) is 27.6. The van der Waals surface area contributed by atoms with Gasteiger partial charge in [-0.15, -0.1) is 11.8 Å². The van der Waals surface area contributed by atoms with Gasteiger partial charge in [-0.2, -0.15) is 0 Å². The van der Waals surface area contributed by atoms with E-state index in [0.29, 0.717) is 30.3 Å². The molecule has 2 aromatic rings. The number of piperidine rings is 2. The molecule has 2 fully saturated rings. The van der Waals surface area contributed by atoms with Crippen molar-refractivity contribution in [2.45, 2.75) is 80.7 Å². The third-order valence-corrected chi connectivity index (χ3v) is 11.6. The number of hydrogen-bond acceptors (Lipinski definition) is 9. The average molecular weight is 675 g/mol. The highest BCUT2D eigenvalue weighted by atomic mass is 32.2. The molecule has 4 rings (SSSR count). The van der Waals surface area contributed by atoms with Crippen LogP contribution in [0.3, 0.4) is 0 Å². The highest BCUT2D eigenvalue weighted by Crippen LogP contribution is 2.33. The van der Waals surface area contributed by atoms with Crippen molar-refractivity contribution < 1.29 is 18.1 Å². The van der Waals surface area contributed by atoms with Gasteiger partial charge in [0.05, 0.1) is 9.82 Å². The zero-order chi connectivity index (χ0) is 33.3. The minimum atomic E-state index is -4.32. The lowest BCUT2D eigenvalue weighted by Gasteiger charge is -2.44. The van der Waals surface area contributed by atoms with Gasteiger partial charge in [0, 0.05) is 41.9 Å². The van der Waals surface area contributed by atoms with Crippen LogP contribution < -0.4 is 10.0 Å². The van der Waals surface area contributed by atoms with Gasteiger partial charge in [-0.3, -0.25) is 10.1 Å². The summed E-state index contributed by atoms with van der Waals surface area (Å²) in [7, 11) is -0.264. The number of likely N-dealkylation sites (tertiary alicyclic amines) is 2. The first-order valence-corrected chi connectivity index (χ1v) is 18.7. The van der Waals surface area contributed by atoms with E-state index in [4.69, 9.17) is 0 Å². The van der Waals surface area contributed by atoms with Crippen LogP contribution in [0.1, 0.15) is 58.8 Å². The number of amides is 2. The fourth-order valence-electron chi connectivity index (χ4n) is 6.07. The summed E-state index contributed by atoms with van der Waals surface area (Å²) >= 11 is 1.67. The Morgan fingerprint density at radius 3 is 2.37 bits per heavy atom. The van der Waals surface area contributed by atoms with Gasteiger partial charge in [-0.05, 0) is 102 Å². The van der Waals surface area contributed by atoms with Crippen LogP contribution in [-0.4, -0.2) is 98.7 Å². The Labute approximate surface area is 278 Å². The van der Waals surface area contributed by atoms with Crippen molar-refractivity contribution in [1.29, 1.82) is 0 Å². The molecule has 11 nitrogen and oxygen atoms in total. The van der Waals surface area contributed by atoms with Gasteiger partial charge in [0.1, 0.15) is 5.69 Å². The maximum Gasteiger partial charge on any atom is 0.331 e. The number of nitro groups is 1. The zero-order valence-corrected chi connectivity index (χ0v) is 29.2. The Morgan fingerprint density at radius 1 is 1.07 bits per heavy atom. The second-order valence-corrected chi connectivity index (χ2v) is 16.3. The number of anilines is 1. The molecule has 1 atom stereocenters. The van der Waals surface area contributed by atoms with Crippen molar-refractivity contribution in [3.8, 4) is 0 Å². The van der Waals surface area contributed by atoms with Crippen LogP contribution in [0.25, 0.3) is 0 Å². The molecular formula is C33H50N6O5S2. The van der Waals surface area contributed by atoms with Gasteiger partial charge in [0.15, 0.2) is 0 Å². The van der Waals surface area contributed by atoms with E-state index >= 15 is 0 Å². The monoisotopic (exact) mass is 674 g/mol. The number of thioether (sulfide) groups is 1. The lowest BCUT2D eigenvalue weighted by atomic mass is 9.82. The number of urea groups is 1. The van der Waals surface area contributed by atoms with E-state index < -0.39 is 21.0 Å². The number of unbranched alkanes of at least 4 members (excludes halogenated alkanes) is 1. The molecule has 0 aromatic heterocycles. The SMILES string of the molecule is CN(C)CCCC[C@H](CSc1ccccc1)Nc1ccc(S(=O)(=O)NC(=O)N2CCC(N3CCC(C)(C)CC3)CC2)cc1[N+](=O)[O-]. The second-order valence-electron chi connectivity index (χ2n) is 13.5. The number of nitrogens with one attached hydrogen (secondary N) is 2. The van der Waals surface area contributed by atoms with Gasteiger partial charge in [-0.25, -0.2) is 17.9 Å². The fraction of sp³-hybridized carbons (Fsp3) is 0.606. The van der Waals surface area contributed by atoms with E-state index in [1.54, 1.807) is 11.8 Å². The molecule has 46 heavy (non-hydrogen) atoms. The Balaban J connectivity index is 1.39. The summed E-state index contributed by atoms with van der Waals surface area (Å²) < 4.78 is 28.6. The number of benzene rings is 2. The van der Waals surface area contributed by atoms with Crippen LogP contribution in [0.4, 0.5) is 16.2 Å². The third kappa shape index (κ3) is 10.6. The van der Waals surface area contributed by atoms with Crippen molar-refractivity contribution in [2.75, 3.05) is 57.9 Å². The lowest BCUT2D eigenvalue weighted by Crippen LogP contribution is -2.52. The Kier molecular flexibility index (Phi) is 12.7. The molecule has 2 amide bonds. The maximum atomic E-state index is 13.2. The number of carbonyl (C=O) groups excluding carboxylic acids is 1. The van der Waals surface area contributed by atoms with Crippen molar-refractivity contribution in [1.82, 2.24) is 19.4 Å². The van der Waals surface area contributed by atoms with Crippen LogP contribution in [0.2, 0.25) is 0 Å². The number of hydrogen-bond donors (Lipinski definition) is 2. The van der Waals surface area contributed by atoms with Crippen molar-refractivity contribution in [3.63, 3.8) is 0 Å². The fourth-order valence-corrected chi connectivity index (χ4v) is 8.05. The molecule has 2 aliphatic rings. The molecule has 0 saturated carbocycles. The normalized spacial score (nSPS) is 18.3. The summed E-state index contributed by atoms with van der Waals surface area (Å²) in [5, 5.41) is 15.4. The molecule has 13 heteroatoms. The predicted molar refractivity (Wildman–Crippen MR) is 185 cm³/mol. The molecule has 0 spiro atoms. The molecule has 2 aromatic carbocycles. The summed E-state index contributed by atoms with van der Waals surface area (Å²) in [6, 6.07) is 13.4. The molecule has 0 aliphatic carbocycles. The molecule has 0 unspecified atom stereocenters. The Bertz CT molecular complexity index is 1400. The summed E-state index contributed by atoms with van der Waals surface area (Å²) in [6.45, 7) is 8.57. The predicted octanol–water partition coefficient (Wildman–Crippen LogP) is 5.88. The van der Waals surface area contributed by atoms with Crippen LogP contribution in [0, 0.1) is 15.5 Å². The summed E-state index contributed by atoms with van der Waals surface area (Å²) in [6.07, 6.45) is 6.61. The van der Waals surface area contributed by atoms with E-state index in [2.05, 4.69) is 33.7 Å². The number of nitro benzene ring substituents is 1. The van der Waals surface area contributed by atoms with Gasteiger partial charge < -0.3 is 20.0 Å². The molecular weight excluding hydrogens is 625 g/mol. The Morgan fingerprint density at radius 2 is 1.74 bits per heavy atom. The molecule has 2 heterocycles. The topological polar surface area (TPSA) is 128 Å². The number of rotatable bonds is 14. The lowest BCUT2D eigenvalue weighted by molar-refractivity contribution is -0.384. The van der Waals surface area contributed by atoms with Crippen molar-refractivity contribution in [2.24, 2.45) is 5.41 Å². The first kappa shape index (κ1) is 36.0. The first-order valence-electron chi connectivity index (χ1n) is 16.3. The maximum absolute atomic E-state index is 13.2. The molecule has 254 valence electrons. The summed E-state index contributed by atoms with van der Waals surface area (Å²) in [5.41, 5.74) is 0.275. The number of carbonyl (C=O) groups is 1. The molecule has 2 saturated heterocycles. The highest BCUT2D eigenvalue weighted by Gasteiger charge is 2.33.